The molecular weight excluding hydrogens is 501 g/mol. The number of amides is 2. The summed E-state index contributed by atoms with van der Waals surface area (Å²) in [6.07, 6.45) is -4.63. The fourth-order valence-corrected chi connectivity index (χ4v) is 3.84. The third kappa shape index (κ3) is 6.63. The number of benzene rings is 3. The maximum absolute atomic E-state index is 13.1. The number of hydrogen-bond acceptors (Lipinski definition) is 5. The van der Waals surface area contributed by atoms with Crippen LogP contribution in [0.5, 0.6) is 0 Å². The zero-order valence-corrected chi connectivity index (χ0v) is 18.9. The highest BCUT2D eigenvalue weighted by atomic mass is 32.2. The Kier molecular flexibility index (Phi) is 8.00. The minimum absolute atomic E-state index is 0.219. The number of halogens is 3. The van der Waals surface area contributed by atoms with Gasteiger partial charge in [0, 0.05) is 10.6 Å². The molecule has 2 amide bonds. The molecule has 0 aromatic heterocycles. The summed E-state index contributed by atoms with van der Waals surface area (Å²) >= 11 is 1.01. The Morgan fingerprint density at radius 1 is 0.806 bits per heavy atom. The van der Waals surface area contributed by atoms with Crippen molar-refractivity contribution in [2.24, 2.45) is 0 Å². The Morgan fingerprint density at radius 3 is 2.19 bits per heavy atom. The molecule has 0 atom stereocenters. The van der Waals surface area contributed by atoms with Crippen molar-refractivity contribution in [3.8, 4) is 0 Å². The molecule has 0 aliphatic heterocycles. The smallest absolute Gasteiger partial charge is 0.418 e. The lowest BCUT2D eigenvalue weighted by Crippen LogP contribution is -2.18. The quantitative estimate of drug-likeness (QED) is 0.306. The molecule has 36 heavy (non-hydrogen) atoms. The maximum Gasteiger partial charge on any atom is 0.418 e. The average Bonchev–Trinajstić information content (AvgIpc) is 2.82. The molecule has 0 saturated heterocycles. The van der Waals surface area contributed by atoms with Gasteiger partial charge in [0.25, 0.3) is 5.91 Å². The van der Waals surface area contributed by atoms with Crippen molar-refractivity contribution < 1.29 is 42.6 Å². The van der Waals surface area contributed by atoms with E-state index in [2.05, 4.69) is 10.6 Å². The number of carboxylic acid groups (broad SMARTS) is 2. The molecular formula is C24H17F3N2O6S. The number of carbonyl (C=O) groups is 4. The van der Waals surface area contributed by atoms with Crippen LogP contribution in [-0.4, -0.2) is 39.7 Å². The molecule has 0 aliphatic carbocycles. The van der Waals surface area contributed by atoms with E-state index in [0.29, 0.717) is 4.90 Å². The normalized spacial score (nSPS) is 11.0. The Bertz CT molecular complexity index is 1340. The van der Waals surface area contributed by atoms with Gasteiger partial charge in [0.2, 0.25) is 5.91 Å². The summed E-state index contributed by atoms with van der Waals surface area (Å²) in [7, 11) is 0. The fraction of sp³-hybridized carbons (Fsp3) is 0.0833. The van der Waals surface area contributed by atoms with Gasteiger partial charge in [-0.1, -0.05) is 18.2 Å². The van der Waals surface area contributed by atoms with Gasteiger partial charge in [-0.05, 0) is 48.5 Å². The number of aromatic carboxylic acids is 2. The number of hydrogen-bond donors (Lipinski definition) is 4. The van der Waals surface area contributed by atoms with Crippen molar-refractivity contribution in [2.75, 3.05) is 16.4 Å². The summed E-state index contributed by atoms with van der Waals surface area (Å²) in [6, 6.07) is 13.8. The van der Waals surface area contributed by atoms with Crippen LogP contribution >= 0.6 is 11.8 Å². The lowest BCUT2D eigenvalue weighted by Gasteiger charge is -2.13. The van der Waals surface area contributed by atoms with E-state index in [9.17, 15) is 37.5 Å². The van der Waals surface area contributed by atoms with Gasteiger partial charge in [0.05, 0.1) is 33.7 Å². The molecule has 0 heterocycles. The van der Waals surface area contributed by atoms with Gasteiger partial charge in [-0.15, -0.1) is 11.8 Å². The van der Waals surface area contributed by atoms with E-state index < -0.39 is 41.1 Å². The number of rotatable bonds is 8. The minimum Gasteiger partial charge on any atom is -0.478 e. The third-order valence-electron chi connectivity index (χ3n) is 4.71. The molecule has 0 fully saturated rings. The van der Waals surface area contributed by atoms with Crippen molar-refractivity contribution in [1.29, 1.82) is 0 Å². The van der Waals surface area contributed by atoms with Crippen molar-refractivity contribution in [2.45, 2.75) is 11.1 Å². The summed E-state index contributed by atoms with van der Waals surface area (Å²) in [5.74, 6) is -4.52. The Morgan fingerprint density at radius 2 is 1.53 bits per heavy atom. The van der Waals surface area contributed by atoms with Gasteiger partial charge in [0.15, 0.2) is 0 Å². The molecule has 3 rings (SSSR count). The summed E-state index contributed by atoms with van der Waals surface area (Å²) < 4.78 is 39.3. The standard InChI is InChI=1S/C24H17F3N2O6S/c25-24(26,27)18-6-1-2-7-19(18)29-20(30)12-36-15-5-3-4-14(11-15)28-21(31)16-9-8-13(22(32)33)10-17(16)23(34)35/h1-11H,12H2,(H,28,31)(H,29,30)(H,32,33)(H,34,35). The van der Waals surface area contributed by atoms with Gasteiger partial charge < -0.3 is 20.8 Å². The highest BCUT2D eigenvalue weighted by Crippen LogP contribution is 2.34. The first-order valence-electron chi connectivity index (χ1n) is 10.1. The minimum atomic E-state index is -4.63. The molecule has 0 spiro atoms. The summed E-state index contributed by atoms with van der Waals surface area (Å²) in [5.41, 5.74) is -2.11. The SMILES string of the molecule is O=C(CSc1cccc(NC(=O)c2ccc(C(=O)O)cc2C(=O)O)c1)Nc1ccccc1C(F)(F)F. The predicted molar refractivity (Wildman–Crippen MR) is 126 cm³/mol. The average molecular weight is 518 g/mol. The van der Waals surface area contributed by atoms with Crippen molar-refractivity contribution in [1.82, 2.24) is 0 Å². The van der Waals surface area contributed by atoms with Crippen LogP contribution in [0.25, 0.3) is 0 Å². The van der Waals surface area contributed by atoms with E-state index in [0.717, 1.165) is 42.1 Å². The van der Waals surface area contributed by atoms with Crippen LogP contribution in [0.15, 0.2) is 71.6 Å². The van der Waals surface area contributed by atoms with Crippen LogP contribution in [0.1, 0.15) is 36.6 Å². The summed E-state index contributed by atoms with van der Waals surface area (Å²) in [4.78, 5) is 47.9. The van der Waals surface area contributed by atoms with Gasteiger partial charge in [-0.2, -0.15) is 13.2 Å². The first-order chi connectivity index (χ1) is 17.0. The van der Waals surface area contributed by atoms with E-state index in [1.54, 1.807) is 12.1 Å². The van der Waals surface area contributed by atoms with Gasteiger partial charge in [-0.25, -0.2) is 9.59 Å². The summed E-state index contributed by atoms with van der Waals surface area (Å²) in [5, 5.41) is 23.1. The van der Waals surface area contributed by atoms with Crippen molar-refractivity contribution in [3.05, 3.63) is 89.0 Å². The van der Waals surface area contributed by atoms with Gasteiger partial charge in [0.1, 0.15) is 0 Å². The highest BCUT2D eigenvalue weighted by Gasteiger charge is 2.33. The van der Waals surface area contributed by atoms with Crippen molar-refractivity contribution >= 4 is 46.9 Å². The molecule has 0 bridgehead atoms. The number of carboxylic acids is 2. The zero-order valence-electron chi connectivity index (χ0n) is 18.1. The largest absolute Gasteiger partial charge is 0.478 e. The molecule has 4 N–H and O–H groups in total. The molecule has 0 unspecified atom stereocenters. The predicted octanol–water partition coefficient (Wildman–Crippen LogP) is 5.08. The second kappa shape index (κ2) is 11.0. The molecule has 3 aromatic rings. The monoisotopic (exact) mass is 518 g/mol. The van der Waals surface area contributed by atoms with Crippen molar-refractivity contribution in [3.63, 3.8) is 0 Å². The second-order valence-corrected chi connectivity index (χ2v) is 8.28. The molecule has 0 saturated carbocycles. The first-order valence-corrected chi connectivity index (χ1v) is 11.0. The Balaban J connectivity index is 1.68. The molecule has 8 nitrogen and oxygen atoms in total. The lowest BCUT2D eigenvalue weighted by atomic mass is 10.0. The number of alkyl halides is 3. The maximum atomic E-state index is 13.1. The van der Waals surface area contributed by atoms with Crippen LogP contribution in [0.3, 0.4) is 0 Å². The number of nitrogens with one attached hydrogen (secondary N) is 2. The first kappa shape index (κ1) is 26.3. The molecule has 0 aliphatic rings. The Hall–Kier alpha value is -4.32. The molecule has 0 radical (unpaired) electrons. The second-order valence-electron chi connectivity index (χ2n) is 7.23. The van der Waals surface area contributed by atoms with Crippen LogP contribution in [0.4, 0.5) is 24.5 Å². The lowest BCUT2D eigenvalue weighted by molar-refractivity contribution is -0.137. The van der Waals surface area contributed by atoms with E-state index in [1.165, 1.54) is 24.3 Å². The zero-order chi connectivity index (χ0) is 26.5. The van der Waals surface area contributed by atoms with Gasteiger partial charge >= 0.3 is 18.1 Å². The van der Waals surface area contributed by atoms with E-state index in [4.69, 9.17) is 5.11 Å². The van der Waals surface area contributed by atoms with Crippen LogP contribution in [0, 0.1) is 0 Å². The van der Waals surface area contributed by atoms with Crippen LogP contribution in [-0.2, 0) is 11.0 Å². The van der Waals surface area contributed by atoms with E-state index in [-0.39, 0.29) is 28.3 Å². The third-order valence-corrected chi connectivity index (χ3v) is 5.70. The summed E-state index contributed by atoms with van der Waals surface area (Å²) in [6.45, 7) is 0. The highest BCUT2D eigenvalue weighted by molar-refractivity contribution is 8.00. The number of carbonyl (C=O) groups excluding carboxylic acids is 2. The molecule has 186 valence electrons. The number of anilines is 2. The van der Waals surface area contributed by atoms with Gasteiger partial charge in [-0.3, -0.25) is 9.59 Å². The van der Waals surface area contributed by atoms with Crippen LogP contribution < -0.4 is 10.6 Å². The van der Waals surface area contributed by atoms with Crippen LogP contribution in [0.2, 0.25) is 0 Å². The van der Waals surface area contributed by atoms with E-state index in [1.807, 2.05) is 0 Å². The topological polar surface area (TPSA) is 133 Å². The molecule has 3 aromatic carbocycles. The fourth-order valence-electron chi connectivity index (χ4n) is 3.09. The number of para-hydroxylation sites is 1. The molecule has 12 heteroatoms. The Labute approximate surface area is 206 Å². The van der Waals surface area contributed by atoms with E-state index >= 15 is 0 Å². The number of thioether (sulfide) groups is 1.